The van der Waals surface area contributed by atoms with Gasteiger partial charge in [0.2, 0.25) is 15.9 Å². The average Bonchev–Trinajstić information content (AvgIpc) is 2.54. The summed E-state index contributed by atoms with van der Waals surface area (Å²) < 4.78 is 25.1. The lowest BCUT2D eigenvalue weighted by molar-refractivity contribution is -0.136. The van der Waals surface area contributed by atoms with Gasteiger partial charge in [-0.1, -0.05) is 12.1 Å². The van der Waals surface area contributed by atoms with Crippen molar-refractivity contribution in [3.63, 3.8) is 0 Å². The van der Waals surface area contributed by atoms with Crippen LogP contribution < -0.4 is 5.32 Å². The molecule has 132 valence electrons. The molecule has 1 saturated heterocycles. The Balaban J connectivity index is 1.93. The molecular weight excluding hydrogens is 332 g/mol. The van der Waals surface area contributed by atoms with Gasteiger partial charge in [-0.25, -0.2) is 12.7 Å². The van der Waals surface area contributed by atoms with E-state index in [0.29, 0.717) is 37.2 Å². The molecule has 1 aromatic rings. The Kier molecular flexibility index (Phi) is 5.95. The highest BCUT2D eigenvalue weighted by Gasteiger charge is 2.30. The summed E-state index contributed by atoms with van der Waals surface area (Å²) in [6, 6.07) is 6.74. The second kappa shape index (κ2) is 7.76. The first-order valence-electron chi connectivity index (χ1n) is 7.91. The highest BCUT2D eigenvalue weighted by molar-refractivity contribution is 7.89. The van der Waals surface area contributed by atoms with E-state index in [-0.39, 0.29) is 24.0 Å². The summed E-state index contributed by atoms with van der Waals surface area (Å²) in [4.78, 5) is 23.1. The van der Waals surface area contributed by atoms with Crippen molar-refractivity contribution in [1.82, 2.24) is 4.31 Å². The van der Waals surface area contributed by atoms with Crippen molar-refractivity contribution in [3.8, 4) is 0 Å². The van der Waals surface area contributed by atoms with Crippen molar-refractivity contribution in [2.24, 2.45) is 5.92 Å². The van der Waals surface area contributed by atoms with Crippen LogP contribution >= 0.6 is 0 Å². The summed E-state index contributed by atoms with van der Waals surface area (Å²) in [6.45, 7) is 2.32. The predicted molar refractivity (Wildman–Crippen MR) is 90.2 cm³/mol. The summed E-state index contributed by atoms with van der Waals surface area (Å²) in [5, 5.41) is 11.6. The summed E-state index contributed by atoms with van der Waals surface area (Å²) in [5.41, 5.74) is 1.17. The Morgan fingerprint density at radius 1 is 1.29 bits per heavy atom. The fourth-order valence-electron chi connectivity index (χ4n) is 2.76. The SMILES string of the molecule is CCS(=O)(=O)N1CCC(C(=O)Nc2cccc(CC(=O)O)c2)CC1. The molecule has 0 bridgehead atoms. The van der Waals surface area contributed by atoms with E-state index in [2.05, 4.69) is 5.32 Å². The number of rotatable bonds is 6. The number of aliphatic carboxylic acids is 1. The van der Waals surface area contributed by atoms with Gasteiger partial charge in [0.05, 0.1) is 12.2 Å². The van der Waals surface area contributed by atoms with Crippen LogP contribution in [0.3, 0.4) is 0 Å². The fourth-order valence-corrected chi connectivity index (χ4v) is 3.89. The Labute approximate surface area is 141 Å². The van der Waals surface area contributed by atoms with Crippen LogP contribution in [0.25, 0.3) is 0 Å². The number of piperidine rings is 1. The number of nitrogens with zero attached hydrogens (tertiary/aromatic N) is 1. The van der Waals surface area contributed by atoms with Crippen LogP contribution in [0.15, 0.2) is 24.3 Å². The van der Waals surface area contributed by atoms with Gasteiger partial charge < -0.3 is 10.4 Å². The number of carboxylic acid groups (broad SMARTS) is 1. The molecule has 1 amide bonds. The van der Waals surface area contributed by atoms with Crippen LogP contribution in [0.1, 0.15) is 25.3 Å². The molecule has 24 heavy (non-hydrogen) atoms. The zero-order chi connectivity index (χ0) is 17.7. The molecule has 1 fully saturated rings. The molecule has 0 aromatic heterocycles. The maximum absolute atomic E-state index is 12.3. The van der Waals surface area contributed by atoms with Gasteiger partial charge in [-0.05, 0) is 37.5 Å². The van der Waals surface area contributed by atoms with Gasteiger partial charge in [0.25, 0.3) is 0 Å². The van der Waals surface area contributed by atoms with Crippen LogP contribution in [-0.2, 0) is 26.0 Å². The molecule has 0 saturated carbocycles. The number of hydrogen-bond donors (Lipinski definition) is 2. The van der Waals surface area contributed by atoms with E-state index >= 15 is 0 Å². The molecule has 2 N–H and O–H groups in total. The summed E-state index contributed by atoms with van der Waals surface area (Å²) in [6.07, 6.45) is 0.872. The van der Waals surface area contributed by atoms with E-state index in [1.54, 1.807) is 31.2 Å². The van der Waals surface area contributed by atoms with E-state index in [4.69, 9.17) is 5.11 Å². The van der Waals surface area contributed by atoms with E-state index in [0.717, 1.165) is 0 Å². The molecule has 0 atom stereocenters. The van der Waals surface area contributed by atoms with Crippen molar-refractivity contribution >= 4 is 27.6 Å². The van der Waals surface area contributed by atoms with Crippen molar-refractivity contribution in [1.29, 1.82) is 0 Å². The number of benzene rings is 1. The lowest BCUT2D eigenvalue weighted by atomic mass is 9.97. The molecule has 8 heteroatoms. The number of sulfonamides is 1. The summed E-state index contributed by atoms with van der Waals surface area (Å²) >= 11 is 0. The number of anilines is 1. The smallest absolute Gasteiger partial charge is 0.307 e. The normalized spacial score (nSPS) is 16.7. The van der Waals surface area contributed by atoms with Gasteiger partial charge >= 0.3 is 5.97 Å². The predicted octanol–water partition coefficient (Wildman–Crippen LogP) is 1.31. The highest BCUT2D eigenvalue weighted by Crippen LogP contribution is 2.22. The third kappa shape index (κ3) is 4.78. The van der Waals surface area contributed by atoms with Gasteiger partial charge in [0.15, 0.2) is 0 Å². The molecule has 7 nitrogen and oxygen atoms in total. The molecule has 0 spiro atoms. The summed E-state index contributed by atoms with van der Waals surface area (Å²) in [7, 11) is -3.20. The standard InChI is InChI=1S/C16H22N2O5S/c1-2-24(22,23)18-8-6-13(7-9-18)16(21)17-14-5-3-4-12(10-14)11-15(19)20/h3-5,10,13H,2,6-9,11H2,1H3,(H,17,21)(H,19,20). The minimum atomic E-state index is -3.20. The van der Waals surface area contributed by atoms with Gasteiger partial charge in [0.1, 0.15) is 0 Å². The Morgan fingerprint density at radius 3 is 2.54 bits per heavy atom. The minimum Gasteiger partial charge on any atom is -0.481 e. The fraction of sp³-hybridized carbons (Fsp3) is 0.500. The third-order valence-electron chi connectivity index (χ3n) is 4.13. The first kappa shape index (κ1) is 18.4. The Morgan fingerprint density at radius 2 is 1.96 bits per heavy atom. The van der Waals surface area contributed by atoms with Crippen molar-refractivity contribution < 1.29 is 23.1 Å². The first-order valence-corrected chi connectivity index (χ1v) is 9.52. The quantitative estimate of drug-likeness (QED) is 0.802. The van der Waals surface area contributed by atoms with Gasteiger partial charge in [-0.2, -0.15) is 0 Å². The van der Waals surface area contributed by atoms with E-state index in [1.807, 2.05) is 0 Å². The van der Waals surface area contributed by atoms with Crippen molar-refractivity contribution in [2.75, 3.05) is 24.2 Å². The summed E-state index contributed by atoms with van der Waals surface area (Å²) in [5.74, 6) is -1.25. The average molecular weight is 354 g/mol. The van der Waals surface area contributed by atoms with Crippen LogP contribution in [0.2, 0.25) is 0 Å². The second-order valence-electron chi connectivity index (χ2n) is 5.83. The number of carboxylic acids is 1. The lowest BCUT2D eigenvalue weighted by Crippen LogP contribution is -2.42. The molecule has 0 unspecified atom stereocenters. The van der Waals surface area contributed by atoms with Gasteiger partial charge in [-0.15, -0.1) is 0 Å². The minimum absolute atomic E-state index is 0.0697. The molecule has 1 aliphatic rings. The number of carbonyl (C=O) groups excluding carboxylic acids is 1. The topological polar surface area (TPSA) is 104 Å². The molecule has 0 radical (unpaired) electrons. The molecule has 2 rings (SSSR count). The Bertz CT molecular complexity index is 709. The van der Waals surface area contributed by atoms with Gasteiger partial charge in [-0.3, -0.25) is 9.59 Å². The first-order chi connectivity index (χ1) is 11.3. The van der Waals surface area contributed by atoms with Crippen molar-refractivity contribution in [3.05, 3.63) is 29.8 Å². The lowest BCUT2D eigenvalue weighted by Gasteiger charge is -2.30. The van der Waals surface area contributed by atoms with Gasteiger partial charge in [0, 0.05) is 24.7 Å². The van der Waals surface area contributed by atoms with Crippen LogP contribution in [0, 0.1) is 5.92 Å². The van der Waals surface area contributed by atoms with E-state index < -0.39 is 16.0 Å². The monoisotopic (exact) mass is 354 g/mol. The zero-order valence-electron chi connectivity index (χ0n) is 13.6. The third-order valence-corrected chi connectivity index (χ3v) is 6.01. The number of nitrogens with one attached hydrogen (secondary N) is 1. The van der Waals surface area contributed by atoms with E-state index in [9.17, 15) is 18.0 Å². The molecule has 1 aromatic carbocycles. The Hall–Kier alpha value is -1.93. The zero-order valence-corrected chi connectivity index (χ0v) is 14.4. The number of amides is 1. The molecule has 1 heterocycles. The van der Waals surface area contributed by atoms with Crippen LogP contribution in [0.5, 0.6) is 0 Å². The maximum Gasteiger partial charge on any atom is 0.307 e. The van der Waals surface area contributed by atoms with Crippen LogP contribution in [0.4, 0.5) is 5.69 Å². The molecule has 1 aliphatic heterocycles. The van der Waals surface area contributed by atoms with Crippen LogP contribution in [-0.4, -0.2) is 48.5 Å². The number of carbonyl (C=O) groups is 2. The molecule has 0 aliphatic carbocycles. The number of hydrogen-bond acceptors (Lipinski definition) is 4. The second-order valence-corrected chi connectivity index (χ2v) is 8.09. The molecular formula is C16H22N2O5S. The van der Waals surface area contributed by atoms with E-state index in [1.165, 1.54) is 4.31 Å². The van der Waals surface area contributed by atoms with Crippen molar-refractivity contribution in [2.45, 2.75) is 26.2 Å². The largest absolute Gasteiger partial charge is 0.481 e. The highest BCUT2D eigenvalue weighted by atomic mass is 32.2. The maximum atomic E-state index is 12.3.